The molecule has 0 radical (unpaired) electrons. The second-order valence-electron chi connectivity index (χ2n) is 8.43. The summed E-state index contributed by atoms with van der Waals surface area (Å²) in [5.74, 6) is 1.86. The zero-order chi connectivity index (χ0) is 24.3. The fraction of sp³-hybridized carbons (Fsp3) is 0.192. The van der Waals surface area contributed by atoms with E-state index in [2.05, 4.69) is 25.1 Å². The highest BCUT2D eigenvalue weighted by Crippen LogP contribution is 2.23. The van der Waals surface area contributed by atoms with Crippen molar-refractivity contribution in [2.24, 2.45) is 0 Å². The van der Waals surface area contributed by atoms with Crippen LogP contribution in [0.4, 0.5) is 0 Å². The first-order valence-electron chi connectivity index (χ1n) is 11.7. The molecule has 1 fully saturated rings. The summed E-state index contributed by atoms with van der Waals surface area (Å²) in [6.45, 7) is 3.11. The van der Waals surface area contributed by atoms with E-state index in [4.69, 9.17) is 4.52 Å². The fourth-order valence-corrected chi connectivity index (χ4v) is 4.84. The highest BCUT2D eigenvalue weighted by molar-refractivity contribution is 7.13. The Morgan fingerprint density at radius 3 is 2.36 bits per heavy atom. The van der Waals surface area contributed by atoms with Crippen molar-refractivity contribution in [1.29, 1.82) is 0 Å². The molecule has 0 N–H and O–H groups in total. The number of hydrogen-bond donors (Lipinski definition) is 0. The Balaban J connectivity index is 1.15. The number of piperazine rings is 1. The van der Waals surface area contributed by atoms with Gasteiger partial charge in [0.05, 0.1) is 17.1 Å². The Labute approximate surface area is 211 Å². The maximum atomic E-state index is 13.4. The second-order valence-corrected chi connectivity index (χ2v) is 9.38. The van der Waals surface area contributed by atoms with Crippen molar-refractivity contribution in [3.63, 3.8) is 0 Å². The van der Waals surface area contributed by atoms with Gasteiger partial charge in [0.2, 0.25) is 17.5 Å². The Hall–Kier alpha value is -4.15. The van der Waals surface area contributed by atoms with Crippen molar-refractivity contribution < 1.29 is 9.32 Å². The highest BCUT2D eigenvalue weighted by atomic mass is 32.1. The van der Waals surface area contributed by atoms with Crippen molar-refractivity contribution in [2.45, 2.75) is 6.54 Å². The molecule has 1 amide bonds. The number of carbonyl (C=O) groups is 1. The largest absolute Gasteiger partial charge is 0.338 e. The van der Waals surface area contributed by atoms with Crippen LogP contribution in [0.2, 0.25) is 0 Å². The molecule has 1 saturated heterocycles. The van der Waals surface area contributed by atoms with Crippen LogP contribution in [-0.2, 0) is 6.54 Å². The van der Waals surface area contributed by atoms with Crippen LogP contribution < -0.4 is 0 Å². The van der Waals surface area contributed by atoms with Crippen LogP contribution >= 0.6 is 11.3 Å². The predicted molar refractivity (Wildman–Crippen MR) is 136 cm³/mol. The fourth-order valence-electron chi connectivity index (χ4n) is 4.19. The quantitative estimate of drug-likeness (QED) is 0.350. The number of nitrogens with zero attached hydrogens (tertiary/aromatic N) is 7. The summed E-state index contributed by atoms with van der Waals surface area (Å²) >= 11 is 1.58. The number of hydrogen-bond acceptors (Lipinski definition) is 8. The third-order valence-electron chi connectivity index (χ3n) is 6.06. The van der Waals surface area contributed by atoms with Gasteiger partial charge in [-0.2, -0.15) is 4.98 Å². The SMILES string of the molecule is O=C(c1nc(-c2ccccc2)n(-c2ccccc2)n1)N1CCN(Cc2nc(-c3cccs3)no2)CC1. The average Bonchev–Trinajstić information content (AvgIpc) is 3.71. The van der Waals surface area contributed by atoms with Crippen LogP contribution in [0.15, 0.2) is 82.7 Å². The molecule has 0 bridgehead atoms. The maximum Gasteiger partial charge on any atom is 0.293 e. The molecule has 3 aromatic heterocycles. The molecule has 10 heteroatoms. The van der Waals surface area contributed by atoms with E-state index >= 15 is 0 Å². The lowest BCUT2D eigenvalue weighted by atomic mass is 10.2. The molecular weight excluding hydrogens is 474 g/mol. The molecular formula is C26H23N7O2S. The van der Waals surface area contributed by atoms with Crippen molar-refractivity contribution in [3.05, 3.63) is 89.9 Å². The number of aromatic nitrogens is 5. The van der Waals surface area contributed by atoms with E-state index in [1.807, 2.05) is 78.2 Å². The lowest BCUT2D eigenvalue weighted by Crippen LogP contribution is -2.48. The molecule has 0 unspecified atom stereocenters. The lowest BCUT2D eigenvalue weighted by molar-refractivity contribution is 0.0603. The number of thiophene rings is 1. The van der Waals surface area contributed by atoms with Gasteiger partial charge in [-0.15, -0.1) is 16.4 Å². The van der Waals surface area contributed by atoms with E-state index in [0.29, 0.717) is 50.3 Å². The molecule has 6 rings (SSSR count). The molecule has 0 atom stereocenters. The van der Waals surface area contributed by atoms with Gasteiger partial charge in [0.1, 0.15) is 0 Å². The van der Waals surface area contributed by atoms with E-state index in [-0.39, 0.29) is 11.7 Å². The maximum absolute atomic E-state index is 13.4. The van der Waals surface area contributed by atoms with Crippen LogP contribution in [0.5, 0.6) is 0 Å². The van der Waals surface area contributed by atoms with Gasteiger partial charge in [-0.25, -0.2) is 9.67 Å². The molecule has 1 aliphatic rings. The topological polar surface area (TPSA) is 93.2 Å². The lowest BCUT2D eigenvalue weighted by Gasteiger charge is -2.33. The van der Waals surface area contributed by atoms with E-state index < -0.39 is 0 Å². The molecule has 1 aliphatic heterocycles. The van der Waals surface area contributed by atoms with Crippen LogP contribution in [-0.4, -0.2) is 66.8 Å². The second kappa shape index (κ2) is 9.84. The smallest absolute Gasteiger partial charge is 0.293 e. The number of para-hydroxylation sites is 1. The van der Waals surface area contributed by atoms with E-state index in [9.17, 15) is 4.79 Å². The summed E-state index contributed by atoms with van der Waals surface area (Å²) < 4.78 is 7.17. The average molecular weight is 498 g/mol. The van der Waals surface area contributed by atoms with Crippen LogP contribution in [0.3, 0.4) is 0 Å². The molecule has 36 heavy (non-hydrogen) atoms. The number of carbonyl (C=O) groups excluding carboxylic acids is 1. The molecule has 0 aliphatic carbocycles. The summed E-state index contributed by atoms with van der Waals surface area (Å²) in [4.78, 5) is 27.5. The molecule has 5 aromatic rings. The normalized spacial score (nSPS) is 14.3. The van der Waals surface area contributed by atoms with Gasteiger partial charge in [0.15, 0.2) is 5.82 Å². The van der Waals surface area contributed by atoms with Gasteiger partial charge < -0.3 is 9.42 Å². The third-order valence-corrected chi connectivity index (χ3v) is 6.93. The van der Waals surface area contributed by atoms with E-state index in [0.717, 1.165) is 16.1 Å². The van der Waals surface area contributed by atoms with Gasteiger partial charge in [-0.05, 0) is 23.6 Å². The van der Waals surface area contributed by atoms with Gasteiger partial charge in [0, 0.05) is 31.7 Å². The Morgan fingerprint density at radius 2 is 1.64 bits per heavy atom. The first kappa shape index (κ1) is 22.3. The summed E-state index contributed by atoms with van der Waals surface area (Å²) in [5, 5.41) is 10.7. The zero-order valence-corrected chi connectivity index (χ0v) is 20.2. The summed E-state index contributed by atoms with van der Waals surface area (Å²) in [5.41, 5.74) is 1.76. The van der Waals surface area contributed by atoms with Gasteiger partial charge >= 0.3 is 0 Å². The van der Waals surface area contributed by atoms with Crippen molar-refractivity contribution in [3.8, 4) is 27.8 Å². The predicted octanol–water partition coefficient (Wildman–Crippen LogP) is 4.00. The molecule has 0 spiro atoms. The third kappa shape index (κ3) is 4.56. The molecule has 4 heterocycles. The molecule has 0 saturated carbocycles. The van der Waals surface area contributed by atoms with Crippen LogP contribution in [0.1, 0.15) is 16.5 Å². The van der Waals surface area contributed by atoms with Gasteiger partial charge in [0.25, 0.3) is 5.91 Å². The minimum absolute atomic E-state index is 0.167. The summed E-state index contributed by atoms with van der Waals surface area (Å²) in [6, 6.07) is 23.5. The highest BCUT2D eigenvalue weighted by Gasteiger charge is 2.27. The van der Waals surface area contributed by atoms with Gasteiger partial charge in [-0.1, -0.05) is 59.8 Å². The summed E-state index contributed by atoms with van der Waals surface area (Å²) in [6.07, 6.45) is 0. The van der Waals surface area contributed by atoms with Crippen molar-refractivity contribution in [2.75, 3.05) is 26.2 Å². The minimum atomic E-state index is -0.167. The Kier molecular flexibility index (Phi) is 6.10. The van der Waals surface area contributed by atoms with Crippen LogP contribution in [0, 0.1) is 0 Å². The standard InChI is InChI=1S/C26H23N7O2S/c34-26(24-28-25(19-8-3-1-4-9-19)33(29-24)20-10-5-2-6-11-20)32-15-13-31(14-16-32)18-22-27-23(30-35-22)21-12-7-17-36-21/h1-12,17H,13-16,18H2. The Bertz CT molecular complexity index is 1380. The van der Waals surface area contributed by atoms with Crippen molar-refractivity contribution >= 4 is 17.2 Å². The van der Waals surface area contributed by atoms with Crippen molar-refractivity contribution in [1.82, 2.24) is 34.7 Å². The Morgan fingerprint density at radius 1 is 0.889 bits per heavy atom. The number of rotatable bonds is 6. The zero-order valence-electron chi connectivity index (χ0n) is 19.4. The molecule has 2 aromatic carbocycles. The minimum Gasteiger partial charge on any atom is -0.338 e. The first-order chi connectivity index (χ1) is 17.7. The number of benzene rings is 2. The van der Waals surface area contributed by atoms with Gasteiger partial charge in [-0.3, -0.25) is 9.69 Å². The van der Waals surface area contributed by atoms with E-state index in [1.54, 1.807) is 20.9 Å². The first-order valence-corrected chi connectivity index (χ1v) is 12.6. The molecule has 180 valence electrons. The number of amides is 1. The van der Waals surface area contributed by atoms with E-state index in [1.165, 1.54) is 0 Å². The summed E-state index contributed by atoms with van der Waals surface area (Å²) in [7, 11) is 0. The molecule has 9 nitrogen and oxygen atoms in total. The van der Waals surface area contributed by atoms with Crippen LogP contribution in [0.25, 0.3) is 27.8 Å². The monoisotopic (exact) mass is 497 g/mol.